The molecule has 0 amide bonds. The van der Waals surface area contributed by atoms with Crippen LogP contribution in [-0.2, 0) is 0 Å². The lowest BCUT2D eigenvalue weighted by molar-refractivity contribution is 0.0689. The lowest BCUT2D eigenvalue weighted by Gasteiger charge is -1.98. The van der Waals surface area contributed by atoms with Crippen molar-refractivity contribution < 1.29 is 9.90 Å². The first-order valence-corrected chi connectivity index (χ1v) is 3.98. The van der Waals surface area contributed by atoms with E-state index in [9.17, 15) is 4.79 Å². The van der Waals surface area contributed by atoms with Gasteiger partial charge in [-0.15, -0.1) is 0 Å². The molecule has 1 N–H and O–H groups in total. The minimum absolute atomic E-state index is 0.152. The summed E-state index contributed by atoms with van der Waals surface area (Å²) < 4.78 is 1.81. The number of hydrogen-bond acceptors (Lipinski definition) is 2. The van der Waals surface area contributed by atoms with Crippen LogP contribution in [0.1, 0.15) is 35.1 Å². The molecule has 1 aromatic rings. The summed E-state index contributed by atoms with van der Waals surface area (Å²) in [6.45, 7) is 1.89. The summed E-state index contributed by atoms with van der Waals surface area (Å²) >= 11 is 0. The highest BCUT2D eigenvalue weighted by Gasteiger charge is 2.26. The van der Waals surface area contributed by atoms with Gasteiger partial charge in [-0.2, -0.15) is 5.10 Å². The molecule has 2 rings (SSSR count). The lowest BCUT2D eigenvalue weighted by Crippen LogP contribution is -2.02. The maximum absolute atomic E-state index is 10.5. The van der Waals surface area contributed by atoms with Gasteiger partial charge in [0, 0.05) is 5.69 Å². The second-order valence-electron chi connectivity index (χ2n) is 3.15. The number of carboxylic acid groups (broad SMARTS) is 1. The molecule has 4 nitrogen and oxygen atoms in total. The average molecular weight is 166 g/mol. The predicted octanol–water partition coefficient (Wildman–Crippen LogP) is 1.22. The van der Waals surface area contributed by atoms with E-state index in [-0.39, 0.29) is 5.69 Å². The summed E-state index contributed by atoms with van der Waals surface area (Å²) in [5.74, 6) is -0.947. The molecule has 12 heavy (non-hydrogen) atoms. The quantitative estimate of drug-likeness (QED) is 0.718. The molecule has 1 fully saturated rings. The van der Waals surface area contributed by atoms with E-state index in [4.69, 9.17) is 5.11 Å². The van der Waals surface area contributed by atoms with Crippen LogP contribution in [0.3, 0.4) is 0 Å². The van der Waals surface area contributed by atoms with Gasteiger partial charge in [-0.25, -0.2) is 4.79 Å². The molecule has 1 aliphatic rings. The first kappa shape index (κ1) is 7.34. The van der Waals surface area contributed by atoms with Gasteiger partial charge in [-0.1, -0.05) is 0 Å². The maximum Gasteiger partial charge on any atom is 0.356 e. The number of aryl methyl sites for hydroxylation is 1. The first-order chi connectivity index (χ1) is 5.68. The van der Waals surface area contributed by atoms with Crippen molar-refractivity contribution >= 4 is 5.97 Å². The number of nitrogens with zero attached hydrogens (tertiary/aromatic N) is 2. The SMILES string of the molecule is Cc1cc(C(=O)O)nn1C1CC1. The third-order valence-electron chi connectivity index (χ3n) is 2.03. The number of aromatic carboxylic acids is 1. The Bertz CT molecular complexity index is 326. The highest BCUT2D eigenvalue weighted by molar-refractivity contribution is 5.85. The summed E-state index contributed by atoms with van der Waals surface area (Å²) in [5.41, 5.74) is 1.09. The van der Waals surface area contributed by atoms with Crippen LogP contribution >= 0.6 is 0 Å². The van der Waals surface area contributed by atoms with E-state index in [1.54, 1.807) is 6.07 Å². The highest BCUT2D eigenvalue weighted by atomic mass is 16.4. The zero-order valence-electron chi connectivity index (χ0n) is 6.82. The van der Waals surface area contributed by atoms with Gasteiger partial charge in [0.25, 0.3) is 0 Å². The van der Waals surface area contributed by atoms with Crippen molar-refractivity contribution in [2.24, 2.45) is 0 Å². The van der Waals surface area contributed by atoms with Gasteiger partial charge in [0.05, 0.1) is 6.04 Å². The van der Waals surface area contributed by atoms with E-state index in [0.29, 0.717) is 6.04 Å². The fourth-order valence-corrected chi connectivity index (χ4v) is 1.28. The molecule has 0 aromatic carbocycles. The van der Waals surface area contributed by atoms with Crippen LogP contribution in [-0.4, -0.2) is 20.9 Å². The van der Waals surface area contributed by atoms with Crippen molar-refractivity contribution in [3.8, 4) is 0 Å². The summed E-state index contributed by atoms with van der Waals surface area (Å²) in [6, 6.07) is 2.07. The van der Waals surface area contributed by atoms with Gasteiger partial charge in [0.15, 0.2) is 5.69 Å². The number of carboxylic acids is 1. The Hall–Kier alpha value is -1.32. The van der Waals surface area contributed by atoms with E-state index in [1.165, 1.54) is 0 Å². The molecule has 0 unspecified atom stereocenters. The summed E-state index contributed by atoms with van der Waals surface area (Å²) in [4.78, 5) is 10.5. The topological polar surface area (TPSA) is 55.1 Å². The Morgan fingerprint density at radius 3 is 2.83 bits per heavy atom. The molecular weight excluding hydrogens is 156 g/mol. The van der Waals surface area contributed by atoms with Crippen molar-refractivity contribution in [2.75, 3.05) is 0 Å². The van der Waals surface area contributed by atoms with E-state index < -0.39 is 5.97 Å². The van der Waals surface area contributed by atoms with Crippen molar-refractivity contribution in [3.63, 3.8) is 0 Å². The van der Waals surface area contributed by atoms with Gasteiger partial charge >= 0.3 is 5.97 Å². The van der Waals surface area contributed by atoms with E-state index >= 15 is 0 Å². The Labute approximate surface area is 69.8 Å². The Kier molecular flexibility index (Phi) is 1.43. The third-order valence-corrected chi connectivity index (χ3v) is 2.03. The van der Waals surface area contributed by atoms with Gasteiger partial charge in [0.1, 0.15) is 0 Å². The Morgan fingerprint density at radius 1 is 1.75 bits per heavy atom. The molecule has 0 spiro atoms. The van der Waals surface area contributed by atoms with Crippen LogP contribution in [0.5, 0.6) is 0 Å². The van der Waals surface area contributed by atoms with Crippen LogP contribution in [0.25, 0.3) is 0 Å². The van der Waals surface area contributed by atoms with Crippen molar-refractivity contribution in [1.82, 2.24) is 9.78 Å². The van der Waals surface area contributed by atoms with Crippen molar-refractivity contribution in [2.45, 2.75) is 25.8 Å². The third kappa shape index (κ3) is 1.09. The van der Waals surface area contributed by atoms with Crippen LogP contribution in [0, 0.1) is 6.92 Å². The monoisotopic (exact) mass is 166 g/mol. The molecule has 0 radical (unpaired) electrons. The summed E-state index contributed by atoms with van der Waals surface area (Å²) in [5, 5.41) is 12.6. The molecule has 0 atom stereocenters. The molecule has 1 aromatic heterocycles. The summed E-state index contributed by atoms with van der Waals surface area (Å²) in [7, 11) is 0. The molecule has 0 bridgehead atoms. The minimum atomic E-state index is -0.947. The molecule has 1 heterocycles. The van der Waals surface area contributed by atoms with E-state index in [1.807, 2.05) is 11.6 Å². The number of carbonyl (C=O) groups is 1. The number of aromatic nitrogens is 2. The van der Waals surface area contributed by atoms with Gasteiger partial charge < -0.3 is 5.11 Å². The number of rotatable bonds is 2. The average Bonchev–Trinajstić information content (AvgIpc) is 2.75. The molecule has 1 saturated carbocycles. The van der Waals surface area contributed by atoms with Crippen molar-refractivity contribution in [3.05, 3.63) is 17.5 Å². The molecule has 0 aliphatic heterocycles. The van der Waals surface area contributed by atoms with Crippen molar-refractivity contribution in [1.29, 1.82) is 0 Å². The van der Waals surface area contributed by atoms with Crippen LogP contribution < -0.4 is 0 Å². The fourth-order valence-electron chi connectivity index (χ4n) is 1.28. The smallest absolute Gasteiger partial charge is 0.356 e. The zero-order valence-corrected chi connectivity index (χ0v) is 6.82. The molecular formula is C8H10N2O2. The minimum Gasteiger partial charge on any atom is -0.476 e. The normalized spacial score (nSPS) is 16.4. The lowest BCUT2D eigenvalue weighted by atomic mass is 10.4. The van der Waals surface area contributed by atoms with E-state index in [2.05, 4.69) is 5.10 Å². The van der Waals surface area contributed by atoms with E-state index in [0.717, 1.165) is 18.5 Å². The predicted molar refractivity (Wildman–Crippen MR) is 42.2 cm³/mol. The largest absolute Gasteiger partial charge is 0.476 e. The molecule has 1 aliphatic carbocycles. The van der Waals surface area contributed by atoms with Crippen LogP contribution in [0.15, 0.2) is 6.07 Å². The highest BCUT2D eigenvalue weighted by Crippen LogP contribution is 2.35. The Balaban J connectivity index is 2.36. The molecule has 64 valence electrons. The molecule has 4 heteroatoms. The summed E-state index contributed by atoms with van der Waals surface area (Å²) in [6.07, 6.45) is 2.25. The fraction of sp³-hybridized carbons (Fsp3) is 0.500. The van der Waals surface area contributed by atoms with Gasteiger partial charge in [0.2, 0.25) is 0 Å². The van der Waals surface area contributed by atoms with Crippen LogP contribution in [0.2, 0.25) is 0 Å². The van der Waals surface area contributed by atoms with Gasteiger partial charge in [-0.3, -0.25) is 4.68 Å². The second-order valence-corrected chi connectivity index (χ2v) is 3.15. The standard InChI is InChI=1S/C8H10N2O2/c1-5-4-7(8(11)12)9-10(5)6-2-3-6/h4,6H,2-3H2,1H3,(H,11,12). The molecule has 0 saturated heterocycles. The van der Waals surface area contributed by atoms with Gasteiger partial charge in [-0.05, 0) is 25.8 Å². The number of hydrogen-bond donors (Lipinski definition) is 1. The van der Waals surface area contributed by atoms with Crippen LogP contribution in [0.4, 0.5) is 0 Å². The Morgan fingerprint density at radius 2 is 2.42 bits per heavy atom. The second kappa shape index (κ2) is 2.33. The zero-order chi connectivity index (χ0) is 8.72. The first-order valence-electron chi connectivity index (χ1n) is 3.98. The maximum atomic E-state index is 10.5.